The number of nitrogens with one attached hydrogen (secondary N) is 2. The van der Waals surface area contributed by atoms with Crippen LogP contribution in [0, 0.1) is 5.92 Å². The highest BCUT2D eigenvalue weighted by Crippen LogP contribution is 2.41. The molecule has 2 aromatic rings. The quantitative estimate of drug-likeness (QED) is 0.833. The summed E-state index contributed by atoms with van der Waals surface area (Å²) in [7, 11) is 0. The first-order chi connectivity index (χ1) is 7.93. The number of rotatable bonds is 5. The number of thiazole rings is 1. The Morgan fingerprint density at radius 1 is 1.44 bits per heavy atom. The average molecular weight is 234 g/mol. The van der Waals surface area contributed by atoms with Gasteiger partial charge in [0.1, 0.15) is 10.8 Å². The lowest BCUT2D eigenvalue weighted by atomic mass is 10.2. The van der Waals surface area contributed by atoms with Crippen LogP contribution in [0.25, 0.3) is 0 Å². The molecule has 0 aromatic carbocycles. The Kier molecular flexibility index (Phi) is 2.71. The first-order valence-corrected chi connectivity index (χ1v) is 6.42. The molecule has 1 atom stereocenters. The van der Waals surface area contributed by atoms with Crippen molar-refractivity contribution < 1.29 is 0 Å². The van der Waals surface area contributed by atoms with Gasteiger partial charge in [0.05, 0.1) is 12.6 Å². The molecule has 0 spiro atoms. The number of hydrogen-bond acceptors (Lipinski definition) is 4. The summed E-state index contributed by atoms with van der Waals surface area (Å²) in [5, 5.41) is 6.78. The molecule has 4 nitrogen and oxygen atoms in total. The average Bonchev–Trinajstić information content (AvgIpc) is 2.83. The van der Waals surface area contributed by atoms with E-state index in [9.17, 15) is 0 Å². The molecule has 0 aliphatic heterocycles. The van der Waals surface area contributed by atoms with Gasteiger partial charge in [-0.25, -0.2) is 9.97 Å². The Bertz CT molecular complexity index is 419. The lowest BCUT2D eigenvalue weighted by Crippen LogP contribution is -2.23. The van der Waals surface area contributed by atoms with Crippen LogP contribution in [0.3, 0.4) is 0 Å². The molecule has 84 valence electrons. The molecule has 1 unspecified atom stereocenters. The third-order valence-electron chi connectivity index (χ3n) is 2.86. The standard InChI is InChI=1S/C11H14N4S/c1-2-8(1)10(11-14-5-6-16-11)15-7-9-12-3-4-13-9/h3-6,8,10,15H,1-2,7H2,(H,12,13). The van der Waals surface area contributed by atoms with Crippen LogP contribution in [0.5, 0.6) is 0 Å². The fourth-order valence-electron chi connectivity index (χ4n) is 1.87. The van der Waals surface area contributed by atoms with Crippen LogP contribution in [0.15, 0.2) is 24.0 Å². The van der Waals surface area contributed by atoms with Gasteiger partial charge < -0.3 is 10.3 Å². The molecule has 0 radical (unpaired) electrons. The van der Waals surface area contributed by atoms with Crippen molar-refractivity contribution in [2.24, 2.45) is 5.92 Å². The summed E-state index contributed by atoms with van der Waals surface area (Å²) in [6, 6.07) is 0.408. The maximum Gasteiger partial charge on any atom is 0.120 e. The molecule has 2 aromatic heterocycles. The minimum absolute atomic E-state index is 0.408. The van der Waals surface area contributed by atoms with E-state index >= 15 is 0 Å². The summed E-state index contributed by atoms with van der Waals surface area (Å²) >= 11 is 1.73. The van der Waals surface area contributed by atoms with E-state index in [4.69, 9.17) is 0 Å². The Morgan fingerprint density at radius 3 is 3.00 bits per heavy atom. The van der Waals surface area contributed by atoms with Crippen LogP contribution < -0.4 is 5.32 Å². The smallest absolute Gasteiger partial charge is 0.120 e. The molecule has 1 fully saturated rings. The maximum absolute atomic E-state index is 4.40. The van der Waals surface area contributed by atoms with Crippen molar-refractivity contribution in [1.82, 2.24) is 20.3 Å². The van der Waals surface area contributed by atoms with Crippen molar-refractivity contribution in [3.63, 3.8) is 0 Å². The lowest BCUT2D eigenvalue weighted by molar-refractivity contribution is 0.471. The molecule has 3 rings (SSSR count). The van der Waals surface area contributed by atoms with Crippen LogP contribution in [0.4, 0.5) is 0 Å². The van der Waals surface area contributed by atoms with Gasteiger partial charge in [-0.05, 0) is 18.8 Å². The van der Waals surface area contributed by atoms with Crippen molar-refractivity contribution in [3.8, 4) is 0 Å². The summed E-state index contributed by atoms with van der Waals surface area (Å²) in [5.41, 5.74) is 0. The van der Waals surface area contributed by atoms with Gasteiger partial charge in [0.2, 0.25) is 0 Å². The second kappa shape index (κ2) is 4.35. The number of aromatic nitrogens is 3. The van der Waals surface area contributed by atoms with Gasteiger partial charge in [0.25, 0.3) is 0 Å². The van der Waals surface area contributed by atoms with E-state index in [1.807, 2.05) is 17.8 Å². The van der Waals surface area contributed by atoms with Crippen LogP contribution in [-0.2, 0) is 6.54 Å². The molecular formula is C11H14N4S. The first-order valence-electron chi connectivity index (χ1n) is 5.54. The summed E-state index contributed by atoms with van der Waals surface area (Å²) in [6.45, 7) is 0.785. The number of nitrogens with zero attached hydrogens (tertiary/aromatic N) is 2. The number of H-pyrrole nitrogens is 1. The third kappa shape index (κ3) is 2.15. The molecule has 5 heteroatoms. The zero-order valence-electron chi connectivity index (χ0n) is 8.89. The van der Waals surface area contributed by atoms with Crippen LogP contribution in [0.1, 0.15) is 29.7 Å². The Hall–Kier alpha value is -1.20. The fraction of sp³-hybridized carbons (Fsp3) is 0.455. The van der Waals surface area contributed by atoms with Gasteiger partial charge in [0, 0.05) is 24.0 Å². The predicted molar refractivity (Wildman–Crippen MR) is 63.0 cm³/mol. The molecule has 0 amide bonds. The predicted octanol–water partition coefficient (Wildman–Crippen LogP) is 2.11. The van der Waals surface area contributed by atoms with Crippen molar-refractivity contribution in [3.05, 3.63) is 34.8 Å². The normalized spacial score (nSPS) is 17.5. The molecule has 1 aliphatic rings. The van der Waals surface area contributed by atoms with Gasteiger partial charge in [-0.2, -0.15) is 0 Å². The molecule has 0 bridgehead atoms. The zero-order chi connectivity index (χ0) is 10.8. The minimum Gasteiger partial charge on any atom is -0.348 e. The first kappa shape index (κ1) is 9.99. The van der Waals surface area contributed by atoms with Gasteiger partial charge in [0.15, 0.2) is 0 Å². The number of hydrogen-bond donors (Lipinski definition) is 2. The fourth-order valence-corrected chi connectivity index (χ4v) is 2.68. The maximum atomic E-state index is 4.40. The summed E-state index contributed by atoms with van der Waals surface area (Å²) in [4.78, 5) is 11.7. The molecule has 1 aliphatic carbocycles. The van der Waals surface area contributed by atoms with Gasteiger partial charge >= 0.3 is 0 Å². The molecule has 1 saturated carbocycles. The van der Waals surface area contributed by atoms with Crippen molar-refractivity contribution in [2.75, 3.05) is 0 Å². The summed E-state index contributed by atoms with van der Waals surface area (Å²) in [6.07, 6.45) is 8.15. The van der Waals surface area contributed by atoms with Crippen molar-refractivity contribution in [2.45, 2.75) is 25.4 Å². The minimum atomic E-state index is 0.408. The Labute approximate surface area is 98.1 Å². The Balaban J connectivity index is 1.66. The lowest BCUT2D eigenvalue weighted by Gasteiger charge is -2.14. The van der Waals surface area contributed by atoms with E-state index in [0.717, 1.165) is 18.3 Å². The number of imidazole rings is 1. The topological polar surface area (TPSA) is 53.6 Å². The molecular weight excluding hydrogens is 220 g/mol. The van der Waals surface area contributed by atoms with E-state index < -0.39 is 0 Å². The third-order valence-corrected chi connectivity index (χ3v) is 3.71. The summed E-state index contributed by atoms with van der Waals surface area (Å²) in [5.74, 6) is 1.75. The van der Waals surface area contributed by atoms with Crippen LogP contribution in [0.2, 0.25) is 0 Å². The molecule has 2 heterocycles. The second-order valence-electron chi connectivity index (χ2n) is 4.10. The largest absolute Gasteiger partial charge is 0.348 e. The van der Waals surface area contributed by atoms with Gasteiger partial charge in [-0.1, -0.05) is 0 Å². The highest BCUT2D eigenvalue weighted by Gasteiger charge is 2.33. The van der Waals surface area contributed by atoms with Crippen LogP contribution >= 0.6 is 11.3 Å². The molecule has 0 saturated heterocycles. The van der Waals surface area contributed by atoms with E-state index in [0.29, 0.717) is 6.04 Å². The second-order valence-corrected chi connectivity index (χ2v) is 5.03. The highest BCUT2D eigenvalue weighted by atomic mass is 32.1. The van der Waals surface area contributed by atoms with Gasteiger partial charge in [-0.15, -0.1) is 11.3 Å². The summed E-state index contributed by atoms with van der Waals surface area (Å²) < 4.78 is 0. The van der Waals surface area contributed by atoms with Crippen molar-refractivity contribution in [1.29, 1.82) is 0 Å². The van der Waals surface area contributed by atoms with E-state index in [2.05, 4.69) is 20.3 Å². The molecule has 16 heavy (non-hydrogen) atoms. The van der Waals surface area contributed by atoms with E-state index in [1.54, 1.807) is 17.5 Å². The zero-order valence-corrected chi connectivity index (χ0v) is 9.70. The van der Waals surface area contributed by atoms with Crippen molar-refractivity contribution >= 4 is 11.3 Å². The van der Waals surface area contributed by atoms with E-state index in [1.165, 1.54) is 17.8 Å². The van der Waals surface area contributed by atoms with Gasteiger partial charge in [-0.3, -0.25) is 0 Å². The molecule has 2 N–H and O–H groups in total. The highest BCUT2D eigenvalue weighted by molar-refractivity contribution is 7.09. The Morgan fingerprint density at radius 2 is 2.38 bits per heavy atom. The van der Waals surface area contributed by atoms with Crippen LogP contribution in [-0.4, -0.2) is 15.0 Å². The monoisotopic (exact) mass is 234 g/mol. The SMILES string of the molecule is c1c[nH]c(CNC(c2nccs2)C2CC2)n1. The number of aromatic amines is 1. The van der Waals surface area contributed by atoms with E-state index in [-0.39, 0.29) is 0 Å².